The lowest BCUT2D eigenvalue weighted by Gasteiger charge is -2.32. The van der Waals surface area contributed by atoms with Gasteiger partial charge in [0.15, 0.2) is 0 Å². The van der Waals surface area contributed by atoms with Crippen LogP contribution in [0.25, 0.3) is 10.9 Å². The van der Waals surface area contributed by atoms with E-state index in [2.05, 4.69) is 17.1 Å². The standard InChI is InChI=1S/C20H27N3O2/c1-3-10-23-11-6-7-15(13-23)12-21-20(25)17-14-22(2)18-9-5-4-8-16(18)19(17)24/h4-5,8-9,14-15H,3,6-7,10-13H2,1-2H3,(H,21,25)/t15-/m1/s1. The zero-order valence-electron chi connectivity index (χ0n) is 15.1. The number of carbonyl (C=O) groups is 1. The molecule has 0 radical (unpaired) electrons. The van der Waals surface area contributed by atoms with Gasteiger partial charge in [0.2, 0.25) is 5.43 Å². The van der Waals surface area contributed by atoms with Gasteiger partial charge in [-0.15, -0.1) is 0 Å². The highest BCUT2D eigenvalue weighted by molar-refractivity contribution is 5.97. The van der Waals surface area contributed by atoms with E-state index in [-0.39, 0.29) is 16.9 Å². The number of pyridine rings is 1. The van der Waals surface area contributed by atoms with Gasteiger partial charge in [-0.1, -0.05) is 19.1 Å². The van der Waals surface area contributed by atoms with Crippen molar-refractivity contribution in [2.75, 3.05) is 26.2 Å². The normalized spacial score (nSPS) is 18.4. The number of likely N-dealkylation sites (tertiary alicyclic amines) is 1. The van der Waals surface area contributed by atoms with Crippen molar-refractivity contribution in [3.05, 3.63) is 46.2 Å². The first-order valence-corrected chi connectivity index (χ1v) is 9.19. The lowest BCUT2D eigenvalue weighted by Crippen LogP contribution is -2.41. The number of nitrogens with zero attached hydrogens (tertiary/aromatic N) is 2. The molecule has 1 aromatic carbocycles. The fourth-order valence-electron chi connectivity index (χ4n) is 3.77. The predicted molar refractivity (Wildman–Crippen MR) is 101 cm³/mol. The third kappa shape index (κ3) is 3.93. The van der Waals surface area contributed by atoms with Crippen LogP contribution in [-0.2, 0) is 7.05 Å². The maximum absolute atomic E-state index is 12.6. The van der Waals surface area contributed by atoms with Crippen LogP contribution in [0.1, 0.15) is 36.5 Å². The Morgan fingerprint density at radius 3 is 2.92 bits per heavy atom. The molecule has 1 aliphatic rings. The predicted octanol–water partition coefficient (Wildman–Crippen LogP) is 2.39. The Hall–Kier alpha value is -2.14. The molecule has 2 aromatic rings. The minimum absolute atomic E-state index is 0.192. The molecule has 2 heterocycles. The monoisotopic (exact) mass is 341 g/mol. The van der Waals surface area contributed by atoms with E-state index < -0.39 is 0 Å². The molecule has 1 amide bonds. The number of fused-ring (bicyclic) bond motifs is 1. The summed E-state index contributed by atoms with van der Waals surface area (Å²) in [4.78, 5) is 27.7. The van der Waals surface area contributed by atoms with Gasteiger partial charge in [0.05, 0.1) is 5.52 Å². The van der Waals surface area contributed by atoms with Gasteiger partial charge in [0.1, 0.15) is 5.56 Å². The number of carbonyl (C=O) groups excluding carboxylic acids is 1. The second kappa shape index (κ2) is 7.83. The van der Waals surface area contributed by atoms with E-state index in [0.29, 0.717) is 17.8 Å². The summed E-state index contributed by atoms with van der Waals surface area (Å²) in [6, 6.07) is 7.39. The van der Waals surface area contributed by atoms with E-state index in [1.54, 1.807) is 12.3 Å². The molecule has 0 bridgehead atoms. The Bertz CT molecular complexity index is 810. The van der Waals surface area contributed by atoms with Gasteiger partial charge < -0.3 is 14.8 Å². The maximum atomic E-state index is 12.6. The van der Waals surface area contributed by atoms with Crippen LogP contribution in [0.4, 0.5) is 0 Å². The summed E-state index contributed by atoms with van der Waals surface area (Å²) < 4.78 is 1.84. The Balaban J connectivity index is 1.70. The molecule has 0 unspecified atom stereocenters. The zero-order valence-corrected chi connectivity index (χ0v) is 15.1. The molecule has 5 heteroatoms. The number of rotatable bonds is 5. The van der Waals surface area contributed by atoms with E-state index >= 15 is 0 Å². The number of amides is 1. The summed E-state index contributed by atoms with van der Waals surface area (Å²) in [5.74, 6) is 0.201. The van der Waals surface area contributed by atoms with E-state index in [1.165, 1.54) is 6.42 Å². The summed E-state index contributed by atoms with van der Waals surface area (Å²) in [6.07, 6.45) is 5.12. The van der Waals surface area contributed by atoms with Crippen LogP contribution in [0, 0.1) is 5.92 Å². The van der Waals surface area contributed by atoms with Crippen LogP contribution >= 0.6 is 0 Å². The van der Waals surface area contributed by atoms with E-state index in [0.717, 1.165) is 38.0 Å². The van der Waals surface area contributed by atoms with E-state index in [9.17, 15) is 9.59 Å². The number of benzene rings is 1. The van der Waals surface area contributed by atoms with Crippen molar-refractivity contribution in [2.24, 2.45) is 13.0 Å². The molecule has 1 aliphatic heterocycles. The zero-order chi connectivity index (χ0) is 17.8. The van der Waals surface area contributed by atoms with Gasteiger partial charge in [0.25, 0.3) is 5.91 Å². The molecule has 5 nitrogen and oxygen atoms in total. The number of hydrogen-bond donors (Lipinski definition) is 1. The van der Waals surface area contributed by atoms with Crippen molar-refractivity contribution in [1.82, 2.24) is 14.8 Å². The van der Waals surface area contributed by atoms with Crippen LogP contribution in [0.15, 0.2) is 35.3 Å². The summed E-state index contributed by atoms with van der Waals surface area (Å²) in [5.41, 5.74) is 0.872. The summed E-state index contributed by atoms with van der Waals surface area (Å²) in [7, 11) is 1.86. The third-order valence-electron chi connectivity index (χ3n) is 5.03. The lowest BCUT2D eigenvalue weighted by molar-refractivity contribution is 0.0931. The number of para-hydroxylation sites is 1. The first-order chi connectivity index (χ1) is 12.1. The summed E-state index contributed by atoms with van der Waals surface area (Å²) >= 11 is 0. The first-order valence-electron chi connectivity index (χ1n) is 9.19. The minimum atomic E-state index is -0.265. The largest absolute Gasteiger partial charge is 0.352 e. The second-order valence-electron chi connectivity index (χ2n) is 7.02. The molecule has 134 valence electrons. The average molecular weight is 341 g/mol. The van der Waals surface area contributed by atoms with E-state index in [4.69, 9.17) is 0 Å². The molecule has 1 atom stereocenters. The van der Waals surface area contributed by atoms with Crippen molar-refractivity contribution in [3.63, 3.8) is 0 Å². The van der Waals surface area contributed by atoms with Gasteiger partial charge >= 0.3 is 0 Å². The van der Waals surface area contributed by atoms with Gasteiger partial charge in [-0.2, -0.15) is 0 Å². The number of hydrogen-bond acceptors (Lipinski definition) is 3. The Labute approximate surface area is 148 Å². The van der Waals surface area contributed by atoms with Crippen molar-refractivity contribution in [2.45, 2.75) is 26.2 Å². The second-order valence-corrected chi connectivity index (χ2v) is 7.02. The molecule has 1 fully saturated rings. The van der Waals surface area contributed by atoms with Crippen LogP contribution in [-0.4, -0.2) is 41.6 Å². The van der Waals surface area contributed by atoms with Crippen LogP contribution < -0.4 is 10.7 Å². The first kappa shape index (κ1) is 17.7. The summed E-state index contributed by atoms with van der Waals surface area (Å²) in [6.45, 7) is 6.14. The fourth-order valence-corrected chi connectivity index (χ4v) is 3.77. The van der Waals surface area contributed by atoms with Crippen molar-refractivity contribution >= 4 is 16.8 Å². The van der Waals surface area contributed by atoms with Crippen molar-refractivity contribution in [3.8, 4) is 0 Å². The molecular weight excluding hydrogens is 314 g/mol. The fraction of sp³-hybridized carbons (Fsp3) is 0.500. The highest BCUT2D eigenvalue weighted by atomic mass is 16.2. The molecule has 1 aromatic heterocycles. The van der Waals surface area contributed by atoms with Crippen LogP contribution in [0.5, 0.6) is 0 Å². The van der Waals surface area contributed by atoms with Crippen LogP contribution in [0.3, 0.4) is 0 Å². The molecule has 1 N–H and O–H groups in total. The van der Waals surface area contributed by atoms with Gasteiger partial charge in [-0.25, -0.2) is 0 Å². The molecule has 0 spiro atoms. The number of aromatic nitrogens is 1. The minimum Gasteiger partial charge on any atom is -0.352 e. The number of piperidine rings is 1. The Morgan fingerprint density at radius 2 is 2.12 bits per heavy atom. The van der Waals surface area contributed by atoms with Crippen molar-refractivity contribution < 1.29 is 4.79 Å². The molecular formula is C20H27N3O2. The third-order valence-corrected chi connectivity index (χ3v) is 5.03. The van der Waals surface area contributed by atoms with Gasteiger partial charge in [0, 0.05) is 31.7 Å². The maximum Gasteiger partial charge on any atom is 0.256 e. The van der Waals surface area contributed by atoms with Crippen LogP contribution in [0.2, 0.25) is 0 Å². The van der Waals surface area contributed by atoms with Crippen molar-refractivity contribution in [1.29, 1.82) is 0 Å². The van der Waals surface area contributed by atoms with Gasteiger partial charge in [-0.3, -0.25) is 9.59 Å². The number of nitrogens with one attached hydrogen (secondary N) is 1. The SMILES string of the molecule is CCCN1CCC[C@H](CNC(=O)c2cn(C)c3ccccc3c2=O)C1. The Morgan fingerprint density at radius 1 is 1.32 bits per heavy atom. The average Bonchev–Trinajstić information content (AvgIpc) is 2.63. The lowest BCUT2D eigenvalue weighted by atomic mass is 9.97. The summed E-state index contributed by atoms with van der Waals surface area (Å²) in [5, 5.41) is 3.57. The van der Waals surface area contributed by atoms with Gasteiger partial charge in [-0.05, 0) is 50.4 Å². The smallest absolute Gasteiger partial charge is 0.256 e. The molecule has 0 saturated carbocycles. The molecule has 3 rings (SSSR count). The Kier molecular flexibility index (Phi) is 5.53. The highest BCUT2D eigenvalue weighted by Gasteiger charge is 2.21. The molecule has 0 aliphatic carbocycles. The molecule has 1 saturated heterocycles. The number of aryl methyl sites for hydroxylation is 1. The van der Waals surface area contributed by atoms with E-state index in [1.807, 2.05) is 29.8 Å². The highest BCUT2D eigenvalue weighted by Crippen LogP contribution is 2.16. The quantitative estimate of drug-likeness (QED) is 0.908. The molecule has 25 heavy (non-hydrogen) atoms. The topological polar surface area (TPSA) is 54.3 Å².